The number of phenolic OH excluding ortho intramolecular Hbond substituents is 1. The number of aromatic hydroxyl groups is 1. The number of nitrogens with two attached hydrogens (primary N) is 1. The molecule has 0 radical (unpaired) electrons. The molecule has 3 aromatic rings. The van der Waals surface area contributed by atoms with E-state index in [-0.39, 0.29) is 17.7 Å². The summed E-state index contributed by atoms with van der Waals surface area (Å²) >= 11 is 6.07. The van der Waals surface area contributed by atoms with Gasteiger partial charge in [-0.25, -0.2) is 4.98 Å². The van der Waals surface area contributed by atoms with Crippen molar-refractivity contribution >= 4 is 34.4 Å². The zero-order chi connectivity index (χ0) is 21.3. The average molecular weight is 430 g/mol. The second-order valence-corrected chi connectivity index (χ2v) is 8.70. The minimum atomic E-state index is 0.180. The number of anilines is 2. The van der Waals surface area contributed by atoms with Crippen LogP contribution in [-0.2, 0) is 6.54 Å². The van der Waals surface area contributed by atoms with Gasteiger partial charge in [-0.1, -0.05) is 25.4 Å². The van der Waals surface area contributed by atoms with Gasteiger partial charge < -0.3 is 21.5 Å². The van der Waals surface area contributed by atoms with Crippen LogP contribution < -0.4 is 16.4 Å². The van der Waals surface area contributed by atoms with Crippen molar-refractivity contribution in [3.05, 3.63) is 34.5 Å². The summed E-state index contributed by atoms with van der Waals surface area (Å²) in [7, 11) is 0. The van der Waals surface area contributed by atoms with Gasteiger partial charge in [0.15, 0.2) is 11.3 Å². The van der Waals surface area contributed by atoms with Gasteiger partial charge >= 0.3 is 0 Å². The summed E-state index contributed by atoms with van der Waals surface area (Å²) in [5.41, 5.74) is 9.16. The second kappa shape index (κ2) is 8.65. The molecule has 2 aromatic heterocycles. The summed E-state index contributed by atoms with van der Waals surface area (Å²) in [5, 5.41) is 25.0. The average Bonchev–Trinajstić information content (AvgIpc) is 3.14. The fourth-order valence-electron chi connectivity index (χ4n) is 3.83. The number of H-pyrrole nitrogens is 1. The van der Waals surface area contributed by atoms with Crippen LogP contribution in [0.1, 0.15) is 56.7 Å². The number of hydrogen-bond donors (Lipinski definition) is 5. The fourth-order valence-corrected chi connectivity index (χ4v) is 4.02. The SMILES string of the molecule is CC(C)c1[nH]nc2c(NCc3cc(Cl)ccc3O)nc(NC3CCC(N)CC3)nc12. The molecule has 0 saturated heterocycles. The molecule has 1 aromatic carbocycles. The Bertz CT molecular complexity index is 1030. The molecule has 0 atom stereocenters. The van der Waals surface area contributed by atoms with Crippen molar-refractivity contribution in [3.63, 3.8) is 0 Å². The van der Waals surface area contributed by atoms with Gasteiger partial charge in [-0.3, -0.25) is 5.10 Å². The van der Waals surface area contributed by atoms with Gasteiger partial charge in [-0.05, 0) is 49.8 Å². The van der Waals surface area contributed by atoms with Crippen molar-refractivity contribution in [2.24, 2.45) is 5.73 Å². The Morgan fingerprint density at radius 1 is 1.20 bits per heavy atom. The summed E-state index contributed by atoms with van der Waals surface area (Å²) in [4.78, 5) is 9.45. The van der Waals surface area contributed by atoms with Crippen LogP contribution in [0.25, 0.3) is 11.0 Å². The standard InChI is InChI=1S/C21H28ClN7O/c1-11(2)17-18-19(29-28-17)20(24-10-12-9-13(22)3-8-16(12)30)27-21(26-18)25-15-6-4-14(23)5-7-15/h3,8-9,11,14-15,30H,4-7,10,23H2,1-2H3,(H,28,29)(H2,24,25,26,27). The monoisotopic (exact) mass is 429 g/mol. The summed E-state index contributed by atoms with van der Waals surface area (Å²) < 4.78 is 0. The normalized spacial score (nSPS) is 19.4. The number of halogens is 1. The smallest absolute Gasteiger partial charge is 0.225 e. The molecule has 9 heteroatoms. The van der Waals surface area contributed by atoms with Gasteiger partial charge in [0.1, 0.15) is 11.3 Å². The number of aromatic amines is 1. The van der Waals surface area contributed by atoms with Crippen LogP contribution in [0.2, 0.25) is 5.02 Å². The molecule has 0 amide bonds. The number of rotatable bonds is 6. The maximum atomic E-state index is 10.1. The molecule has 2 heterocycles. The van der Waals surface area contributed by atoms with Gasteiger partial charge in [-0.15, -0.1) is 0 Å². The van der Waals surface area contributed by atoms with E-state index in [2.05, 4.69) is 34.7 Å². The molecule has 160 valence electrons. The van der Waals surface area contributed by atoms with E-state index < -0.39 is 0 Å². The number of fused-ring (bicyclic) bond motifs is 1. The number of nitrogens with one attached hydrogen (secondary N) is 3. The van der Waals surface area contributed by atoms with E-state index in [4.69, 9.17) is 27.3 Å². The third kappa shape index (κ3) is 4.44. The Labute approximate surface area is 180 Å². The minimum Gasteiger partial charge on any atom is -0.508 e. The van der Waals surface area contributed by atoms with E-state index >= 15 is 0 Å². The minimum absolute atomic E-state index is 0.180. The van der Waals surface area contributed by atoms with Crippen molar-refractivity contribution in [3.8, 4) is 5.75 Å². The van der Waals surface area contributed by atoms with Crippen LogP contribution in [0, 0.1) is 0 Å². The molecule has 0 aliphatic heterocycles. The molecule has 0 spiro atoms. The summed E-state index contributed by atoms with van der Waals surface area (Å²) in [6.45, 7) is 4.56. The van der Waals surface area contributed by atoms with Crippen molar-refractivity contribution in [1.29, 1.82) is 0 Å². The third-order valence-electron chi connectivity index (χ3n) is 5.60. The molecule has 8 nitrogen and oxygen atoms in total. The quantitative estimate of drug-likeness (QED) is 0.399. The first kappa shape index (κ1) is 20.7. The van der Waals surface area contributed by atoms with Gasteiger partial charge in [0.05, 0.1) is 5.69 Å². The molecule has 1 aliphatic carbocycles. The van der Waals surface area contributed by atoms with Gasteiger partial charge in [0, 0.05) is 29.2 Å². The second-order valence-electron chi connectivity index (χ2n) is 8.27. The van der Waals surface area contributed by atoms with Crippen LogP contribution in [0.5, 0.6) is 5.75 Å². The maximum absolute atomic E-state index is 10.1. The number of nitrogens with zero attached hydrogens (tertiary/aromatic N) is 3. The summed E-state index contributed by atoms with van der Waals surface area (Å²) in [6, 6.07) is 5.57. The van der Waals surface area contributed by atoms with Crippen LogP contribution >= 0.6 is 11.6 Å². The van der Waals surface area contributed by atoms with E-state index in [1.54, 1.807) is 18.2 Å². The molecule has 1 fully saturated rings. The Hall–Kier alpha value is -2.58. The van der Waals surface area contributed by atoms with E-state index in [9.17, 15) is 5.11 Å². The summed E-state index contributed by atoms with van der Waals surface area (Å²) in [6.07, 6.45) is 4.01. The van der Waals surface area contributed by atoms with E-state index in [1.165, 1.54) is 0 Å². The van der Waals surface area contributed by atoms with Crippen molar-refractivity contribution < 1.29 is 5.11 Å². The third-order valence-corrected chi connectivity index (χ3v) is 5.83. The Morgan fingerprint density at radius 2 is 1.97 bits per heavy atom. The zero-order valence-corrected chi connectivity index (χ0v) is 18.0. The molecular formula is C21H28ClN7O. The van der Waals surface area contributed by atoms with Gasteiger partial charge in [-0.2, -0.15) is 10.1 Å². The van der Waals surface area contributed by atoms with Gasteiger partial charge in [0.25, 0.3) is 0 Å². The van der Waals surface area contributed by atoms with Crippen LogP contribution in [-0.4, -0.2) is 37.4 Å². The van der Waals surface area contributed by atoms with Gasteiger partial charge in [0.2, 0.25) is 5.95 Å². The van der Waals surface area contributed by atoms with Crippen LogP contribution in [0.4, 0.5) is 11.8 Å². The molecule has 30 heavy (non-hydrogen) atoms. The van der Waals surface area contributed by atoms with Crippen molar-refractivity contribution in [2.75, 3.05) is 10.6 Å². The van der Waals surface area contributed by atoms with Crippen molar-refractivity contribution in [2.45, 2.75) is 64.1 Å². The number of aromatic nitrogens is 4. The molecule has 0 bridgehead atoms. The Morgan fingerprint density at radius 3 is 2.70 bits per heavy atom. The zero-order valence-electron chi connectivity index (χ0n) is 17.2. The lowest BCUT2D eigenvalue weighted by Gasteiger charge is -2.26. The molecule has 1 saturated carbocycles. The number of benzene rings is 1. The highest BCUT2D eigenvalue weighted by Crippen LogP contribution is 2.29. The highest BCUT2D eigenvalue weighted by Gasteiger charge is 2.21. The predicted molar refractivity (Wildman–Crippen MR) is 120 cm³/mol. The topological polar surface area (TPSA) is 125 Å². The van der Waals surface area contributed by atoms with Crippen molar-refractivity contribution in [1.82, 2.24) is 20.2 Å². The summed E-state index contributed by atoms with van der Waals surface area (Å²) in [5.74, 6) is 1.61. The lowest BCUT2D eigenvalue weighted by Crippen LogP contribution is -2.33. The predicted octanol–water partition coefficient (Wildman–Crippen LogP) is 4.13. The van der Waals surface area contributed by atoms with E-state index in [0.717, 1.165) is 36.9 Å². The largest absolute Gasteiger partial charge is 0.508 e. The molecular weight excluding hydrogens is 402 g/mol. The first-order chi connectivity index (χ1) is 14.4. The Kier molecular flexibility index (Phi) is 5.97. The molecule has 1 aliphatic rings. The first-order valence-corrected chi connectivity index (χ1v) is 10.8. The highest BCUT2D eigenvalue weighted by atomic mass is 35.5. The molecule has 6 N–H and O–H groups in total. The number of hydrogen-bond acceptors (Lipinski definition) is 7. The lowest BCUT2D eigenvalue weighted by atomic mass is 9.92. The highest BCUT2D eigenvalue weighted by molar-refractivity contribution is 6.30. The van der Waals surface area contributed by atoms with E-state index in [0.29, 0.717) is 40.5 Å². The number of phenols is 1. The maximum Gasteiger partial charge on any atom is 0.225 e. The van der Waals surface area contributed by atoms with E-state index in [1.807, 2.05) is 0 Å². The van der Waals surface area contributed by atoms with Crippen LogP contribution in [0.15, 0.2) is 18.2 Å². The lowest BCUT2D eigenvalue weighted by molar-refractivity contribution is 0.410. The molecule has 4 rings (SSSR count). The fraction of sp³-hybridized carbons (Fsp3) is 0.476. The van der Waals surface area contributed by atoms with Crippen LogP contribution in [0.3, 0.4) is 0 Å². The first-order valence-electron chi connectivity index (χ1n) is 10.4. The Balaban J connectivity index is 1.64. The molecule has 0 unspecified atom stereocenters.